The number of likely N-dealkylation sites (tertiary alicyclic amines) is 1. The minimum atomic E-state index is -1.41. The number of hydrogen-bond donors (Lipinski definition) is 5. The SMILES string of the molecule is CCC1C[C@]1(NC(=O)C1C[C@@H](Oc2cc(-c3csc(NC(C)C)n3)nc3cc(OCCO)ccc23)CN1C(=O)C(NC(=O)OC1C[C@@H]2C[C@@H]2C1)C(C)(C)C)C(=O)O. The maximum absolute atomic E-state index is 14.7. The van der Waals surface area contributed by atoms with Crippen LogP contribution in [0, 0.1) is 23.2 Å². The van der Waals surface area contributed by atoms with E-state index >= 15 is 0 Å². The molecule has 0 spiro atoms. The number of aliphatic hydroxyl groups excluding tert-OH is 1. The predicted octanol–water partition coefficient (Wildman–Crippen LogP) is 5.21. The van der Waals surface area contributed by atoms with Gasteiger partial charge in [0.1, 0.15) is 53.6 Å². The fourth-order valence-corrected chi connectivity index (χ4v) is 9.24. The Balaban J connectivity index is 1.19. The highest BCUT2D eigenvalue weighted by Gasteiger charge is 2.61. The highest BCUT2D eigenvalue weighted by molar-refractivity contribution is 7.14. The van der Waals surface area contributed by atoms with E-state index in [-0.39, 0.29) is 44.2 Å². The molecule has 2 aromatic heterocycles. The second-order valence-corrected chi connectivity index (χ2v) is 18.2. The maximum Gasteiger partial charge on any atom is 0.408 e. The van der Waals surface area contributed by atoms with Crippen molar-refractivity contribution < 1.29 is 43.6 Å². The first-order valence-electron chi connectivity index (χ1n) is 20.0. The molecule has 5 N–H and O–H groups in total. The number of carbonyl (C=O) groups excluding carboxylic acids is 3. The molecule has 16 heteroatoms. The van der Waals surface area contributed by atoms with Gasteiger partial charge >= 0.3 is 12.1 Å². The van der Waals surface area contributed by atoms with Gasteiger partial charge in [0.05, 0.1) is 24.4 Å². The number of amides is 3. The van der Waals surface area contributed by atoms with Crippen molar-refractivity contribution >= 4 is 51.2 Å². The maximum atomic E-state index is 14.7. The number of pyridine rings is 1. The third-order valence-electron chi connectivity index (χ3n) is 11.6. The Morgan fingerprint density at radius 3 is 2.44 bits per heavy atom. The summed E-state index contributed by atoms with van der Waals surface area (Å²) in [6.45, 7) is 11.4. The van der Waals surface area contributed by atoms with E-state index in [4.69, 9.17) is 24.2 Å². The van der Waals surface area contributed by atoms with E-state index in [1.807, 2.05) is 46.9 Å². The Hall–Kier alpha value is -4.70. The Kier molecular flexibility index (Phi) is 11.3. The number of alkyl carbamates (subject to hydrolysis) is 1. The highest BCUT2D eigenvalue weighted by Crippen LogP contribution is 2.52. The number of thiazole rings is 1. The summed E-state index contributed by atoms with van der Waals surface area (Å²) >= 11 is 1.45. The van der Waals surface area contributed by atoms with Crippen molar-refractivity contribution in [2.24, 2.45) is 23.2 Å². The second kappa shape index (κ2) is 15.9. The van der Waals surface area contributed by atoms with E-state index in [9.17, 15) is 29.4 Å². The molecule has 3 heterocycles. The van der Waals surface area contributed by atoms with E-state index in [1.165, 1.54) is 22.7 Å². The number of carbonyl (C=O) groups is 4. The molecule has 4 aliphatic rings. The summed E-state index contributed by atoms with van der Waals surface area (Å²) < 4.78 is 18.2. The van der Waals surface area contributed by atoms with Crippen LogP contribution >= 0.6 is 11.3 Å². The molecular formula is C41H54N6O9S. The number of aliphatic carboxylic acids is 1. The number of nitrogens with zero attached hydrogens (tertiary/aromatic N) is 3. The number of aromatic nitrogens is 2. The average Bonchev–Trinajstić information content (AvgIpc) is 3.82. The average molecular weight is 807 g/mol. The van der Waals surface area contributed by atoms with Gasteiger partial charge in [0.15, 0.2) is 5.13 Å². The summed E-state index contributed by atoms with van der Waals surface area (Å²) in [7, 11) is 0. The molecule has 3 aromatic rings. The molecule has 1 saturated heterocycles. The summed E-state index contributed by atoms with van der Waals surface area (Å²) in [5.41, 5.74) is -0.490. The standard InChI is InChI=1S/C41H54N6O9S/c1-7-24-18-41(24,37(51)52)46-35(49)32-16-27(19-47(32)36(50)34(40(4,5)6)45-39(53)56-26-13-22-12-23(22)14-26)55-33-17-30(31-20-57-38(44-31)42-21(2)3)43-29-15-25(54-11-10-48)8-9-28(29)33/h8-9,15,17,20-24,26-27,32,34,48H,7,10-14,16,18-19H2,1-6H3,(H,42,44)(H,45,53)(H,46,49)(H,51,52)/t22-,23+,24?,26?,27-,32?,34?,41-/m1/s1. The van der Waals surface area contributed by atoms with Crippen molar-refractivity contribution in [3.05, 3.63) is 29.6 Å². The minimum Gasteiger partial charge on any atom is -0.491 e. The molecule has 3 saturated carbocycles. The largest absolute Gasteiger partial charge is 0.491 e. The molecule has 3 aliphatic carbocycles. The highest BCUT2D eigenvalue weighted by atomic mass is 32.1. The lowest BCUT2D eigenvalue weighted by Gasteiger charge is -2.35. The first-order chi connectivity index (χ1) is 27.1. The molecule has 1 aliphatic heterocycles. The smallest absolute Gasteiger partial charge is 0.408 e. The Morgan fingerprint density at radius 1 is 1.04 bits per heavy atom. The van der Waals surface area contributed by atoms with Gasteiger partial charge in [-0.1, -0.05) is 34.1 Å². The van der Waals surface area contributed by atoms with Gasteiger partial charge in [0.25, 0.3) is 0 Å². The number of aliphatic hydroxyl groups is 1. The quantitative estimate of drug-likeness (QED) is 0.135. The van der Waals surface area contributed by atoms with Gasteiger partial charge in [0, 0.05) is 35.4 Å². The number of fused-ring (bicyclic) bond motifs is 2. The zero-order chi connectivity index (χ0) is 40.8. The summed E-state index contributed by atoms with van der Waals surface area (Å²) in [6.07, 6.45) is 2.18. The van der Waals surface area contributed by atoms with Gasteiger partial charge in [-0.2, -0.15) is 0 Å². The van der Waals surface area contributed by atoms with Crippen LogP contribution in [-0.4, -0.2) is 105 Å². The number of ether oxygens (including phenoxy) is 3. The Labute approximate surface area is 336 Å². The van der Waals surface area contributed by atoms with Crippen LogP contribution in [0.4, 0.5) is 9.93 Å². The summed E-state index contributed by atoms with van der Waals surface area (Å²) in [4.78, 5) is 65.6. The van der Waals surface area contributed by atoms with Crippen LogP contribution in [-0.2, 0) is 19.1 Å². The number of hydrogen-bond acceptors (Lipinski definition) is 12. The lowest BCUT2D eigenvalue weighted by atomic mass is 9.85. The number of carboxylic acid groups (broad SMARTS) is 1. The fraction of sp³-hybridized carbons (Fsp3) is 0.610. The van der Waals surface area contributed by atoms with Crippen molar-refractivity contribution in [1.82, 2.24) is 25.5 Å². The van der Waals surface area contributed by atoms with Crippen molar-refractivity contribution in [3.63, 3.8) is 0 Å². The third kappa shape index (κ3) is 8.76. The molecule has 1 aromatic carbocycles. The number of carboxylic acids is 1. The normalized spacial score (nSPS) is 26.8. The zero-order valence-corrected chi connectivity index (χ0v) is 34.2. The molecule has 308 valence electrons. The number of benzene rings is 1. The van der Waals surface area contributed by atoms with Crippen molar-refractivity contribution in [2.75, 3.05) is 25.1 Å². The van der Waals surface area contributed by atoms with Gasteiger partial charge in [-0.25, -0.2) is 19.6 Å². The molecule has 3 amide bonds. The first-order valence-corrected chi connectivity index (χ1v) is 20.9. The van der Waals surface area contributed by atoms with Crippen LogP contribution in [0.1, 0.15) is 80.1 Å². The van der Waals surface area contributed by atoms with Gasteiger partial charge < -0.3 is 45.3 Å². The molecule has 4 fully saturated rings. The third-order valence-corrected chi connectivity index (χ3v) is 12.4. The van der Waals surface area contributed by atoms with Crippen molar-refractivity contribution in [1.29, 1.82) is 0 Å². The van der Waals surface area contributed by atoms with Gasteiger partial charge in [-0.15, -0.1) is 11.3 Å². The summed E-state index contributed by atoms with van der Waals surface area (Å²) in [5, 5.41) is 31.7. The van der Waals surface area contributed by atoms with E-state index in [2.05, 4.69) is 16.0 Å². The molecule has 0 bridgehead atoms. The van der Waals surface area contributed by atoms with E-state index < -0.39 is 53.0 Å². The van der Waals surface area contributed by atoms with Crippen LogP contribution in [0.2, 0.25) is 0 Å². The van der Waals surface area contributed by atoms with Crippen LogP contribution in [0.5, 0.6) is 11.5 Å². The topological polar surface area (TPSA) is 202 Å². The molecule has 0 radical (unpaired) electrons. The summed E-state index contributed by atoms with van der Waals surface area (Å²) in [6, 6.07) is 5.11. The Morgan fingerprint density at radius 2 is 1.79 bits per heavy atom. The van der Waals surface area contributed by atoms with Gasteiger partial charge in [-0.3, -0.25) is 9.59 Å². The molecule has 15 nitrogen and oxygen atoms in total. The molecule has 8 atom stereocenters. The van der Waals surface area contributed by atoms with E-state index in [1.54, 1.807) is 24.3 Å². The number of nitrogens with one attached hydrogen (secondary N) is 3. The second-order valence-electron chi connectivity index (χ2n) is 17.3. The monoisotopic (exact) mass is 806 g/mol. The molecule has 57 heavy (non-hydrogen) atoms. The molecular weight excluding hydrogens is 753 g/mol. The van der Waals surface area contributed by atoms with E-state index in [0.29, 0.717) is 58.5 Å². The zero-order valence-electron chi connectivity index (χ0n) is 33.4. The number of anilines is 1. The molecule has 4 unspecified atom stereocenters. The Bertz CT molecular complexity index is 2010. The van der Waals surface area contributed by atoms with Crippen LogP contribution in [0.15, 0.2) is 29.6 Å². The minimum absolute atomic E-state index is 0.0144. The van der Waals surface area contributed by atoms with Crippen LogP contribution in [0.3, 0.4) is 0 Å². The van der Waals surface area contributed by atoms with Gasteiger partial charge in [-0.05, 0) is 74.8 Å². The molecule has 7 rings (SSSR count). The van der Waals surface area contributed by atoms with Crippen molar-refractivity contribution in [2.45, 2.75) is 116 Å². The fourth-order valence-electron chi connectivity index (χ4n) is 8.38. The summed E-state index contributed by atoms with van der Waals surface area (Å²) in [5.74, 6) is -0.277. The van der Waals surface area contributed by atoms with Crippen LogP contribution in [0.25, 0.3) is 22.3 Å². The van der Waals surface area contributed by atoms with Gasteiger partial charge in [0.2, 0.25) is 11.8 Å². The predicted molar refractivity (Wildman–Crippen MR) is 213 cm³/mol. The first kappa shape index (κ1) is 40.5. The lowest BCUT2D eigenvalue weighted by molar-refractivity contribution is -0.146. The van der Waals surface area contributed by atoms with E-state index in [0.717, 1.165) is 18.0 Å². The van der Waals surface area contributed by atoms with Crippen LogP contribution < -0.4 is 25.4 Å². The number of rotatable bonds is 15. The van der Waals surface area contributed by atoms with Crippen molar-refractivity contribution in [3.8, 4) is 22.9 Å². The lowest BCUT2D eigenvalue weighted by Crippen LogP contribution is -2.59.